The van der Waals surface area contributed by atoms with Gasteiger partial charge >= 0.3 is 0 Å². The summed E-state index contributed by atoms with van der Waals surface area (Å²) in [5.41, 5.74) is 8.67. The molecule has 0 aliphatic carbocycles. The van der Waals surface area contributed by atoms with Crippen molar-refractivity contribution in [2.24, 2.45) is 5.10 Å². The molecule has 0 spiro atoms. The summed E-state index contributed by atoms with van der Waals surface area (Å²) in [6.45, 7) is 0. The van der Waals surface area contributed by atoms with Crippen molar-refractivity contribution in [2.75, 3.05) is 16.0 Å². The fourth-order valence-electron chi connectivity index (χ4n) is 4.27. The molecule has 5 aromatic rings. The maximum atomic E-state index is 13.7. The molecule has 1 atom stereocenters. The van der Waals surface area contributed by atoms with E-state index >= 15 is 0 Å². The molecule has 39 heavy (non-hydrogen) atoms. The lowest BCUT2D eigenvalue weighted by atomic mass is 9.99. The zero-order chi connectivity index (χ0) is 26.4. The highest BCUT2D eigenvalue weighted by molar-refractivity contribution is 6.02. The van der Waals surface area contributed by atoms with Gasteiger partial charge in [0, 0.05) is 23.5 Å². The predicted molar refractivity (Wildman–Crippen MR) is 152 cm³/mol. The molecule has 1 aliphatic rings. The molecule has 6 rings (SSSR count). The van der Waals surface area contributed by atoms with Gasteiger partial charge in [0.15, 0.2) is 0 Å². The number of halogens is 1. The summed E-state index contributed by atoms with van der Waals surface area (Å²) in [7, 11) is 0. The van der Waals surface area contributed by atoms with Gasteiger partial charge in [-0.2, -0.15) is 20.1 Å². The fourth-order valence-corrected chi connectivity index (χ4v) is 4.27. The number of benzene rings is 4. The van der Waals surface area contributed by atoms with Crippen LogP contribution in [0.3, 0.4) is 0 Å². The molecular formula is C30H25FN8. The fraction of sp³-hybridized carbons (Fsp3) is 0.0667. The molecule has 8 nitrogen and oxygen atoms in total. The second-order valence-electron chi connectivity index (χ2n) is 8.99. The Labute approximate surface area is 225 Å². The number of hydrogen-bond donors (Lipinski definition) is 4. The summed E-state index contributed by atoms with van der Waals surface area (Å²) in [5.74, 6) is 0.588. The van der Waals surface area contributed by atoms with Crippen molar-refractivity contribution in [1.82, 2.24) is 20.4 Å². The Morgan fingerprint density at radius 3 is 1.82 bits per heavy atom. The van der Waals surface area contributed by atoms with E-state index in [-0.39, 0.29) is 17.8 Å². The Balaban J connectivity index is 1.20. The van der Waals surface area contributed by atoms with E-state index in [4.69, 9.17) is 0 Å². The number of anilines is 6. The van der Waals surface area contributed by atoms with Crippen molar-refractivity contribution in [1.29, 1.82) is 0 Å². The third kappa shape index (κ3) is 5.99. The number of hydrogen-bond acceptors (Lipinski definition) is 8. The van der Waals surface area contributed by atoms with Crippen LogP contribution in [0.1, 0.15) is 23.6 Å². The zero-order valence-electron chi connectivity index (χ0n) is 20.8. The van der Waals surface area contributed by atoms with Crippen LogP contribution in [-0.4, -0.2) is 20.7 Å². The first-order valence-corrected chi connectivity index (χ1v) is 12.5. The van der Waals surface area contributed by atoms with Gasteiger partial charge in [0.1, 0.15) is 5.82 Å². The second kappa shape index (κ2) is 11.0. The SMILES string of the molecule is Fc1cccc(Nc2nc(Nc3ccccc3)nc(Nc3ccc(C4=NNC(c5ccccc5)C4)cc3)n2)c1. The van der Waals surface area contributed by atoms with Crippen LogP contribution in [0.5, 0.6) is 0 Å². The maximum Gasteiger partial charge on any atom is 0.233 e. The smallest absolute Gasteiger partial charge is 0.233 e. The Bertz CT molecular complexity index is 1590. The molecule has 192 valence electrons. The van der Waals surface area contributed by atoms with E-state index in [0.29, 0.717) is 17.6 Å². The first-order valence-electron chi connectivity index (χ1n) is 12.5. The molecule has 0 saturated carbocycles. The van der Waals surface area contributed by atoms with E-state index in [1.54, 1.807) is 12.1 Å². The normalized spacial score (nSPS) is 14.3. The van der Waals surface area contributed by atoms with Gasteiger partial charge in [-0.05, 0) is 53.6 Å². The first kappa shape index (κ1) is 24.1. The molecule has 0 saturated heterocycles. The monoisotopic (exact) mass is 516 g/mol. The lowest BCUT2D eigenvalue weighted by molar-refractivity contribution is 0.620. The number of aromatic nitrogens is 3. The van der Waals surface area contributed by atoms with E-state index in [2.05, 4.69) is 53.6 Å². The maximum absolute atomic E-state index is 13.7. The van der Waals surface area contributed by atoms with Gasteiger partial charge in [-0.15, -0.1) is 0 Å². The van der Waals surface area contributed by atoms with Gasteiger partial charge in [-0.25, -0.2) is 4.39 Å². The average Bonchev–Trinajstić information content (AvgIpc) is 3.45. The van der Waals surface area contributed by atoms with Crippen molar-refractivity contribution >= 4 is 40.6 Å². The molecule has 1 unspecified atom stereocenters. The lowest BCUT2D eigenvalue weighted by Crippen LogP contribution is -2.09. The highest BCUT2D eigenvalue weighted by atomic mass is 19.1. The van der Waals surface area contributed by atoms with E-state index in [1.807, 2.05) is 72.8 Å². The standard InChI is InChI=1S/C30H25FN8/c31-22-10-7-13-25(18-22)34-30-36-28(32-23-11-5-2-6-12-23)35-29(37-30)33-24-16-14-21(15-17-24)27-19-26(38-39-27)20-8-3-1-4-9-20/h1-18,26,38H,19H2,(H3,32,33,34,35,36,37). The van der Waals surface area contributed by atoms with Gasteiger partial charge in [0.2, 0.25) is 17.8 Å². The van der Waals surface area contributed by atoms with Gasteiger partial charge in [-0.1, -0.05) is 66.7 Å². The average molecular weight is 517 g/mol. The van der Waals surface area contributed by atoms with Gasteiger partial charge in [0.25, 0.3) is 0 Å². The molecule has 0 fully saturated rings. The molecule has 2 heterocycles. The number of nitrogens with zero attached hydrogens (tertiary/aromatic N) is 4. The van der Waals surface area contributed by atoms with Crippen LogP contribution in [0, 0.1) is 5.82 Å². The second-order valence-corrected chi connectivity index (χ2v) is 8.99. The minimum atomic E-state index is -0.354. The Hall–Kier alpha value is -5.31. The van der Waals surface area contributed by atoms with Crippen molar-refractivity contribution in [3.8, 4) is 0 Å². The molecule has 1 aliphatic heterocycles. The Morgan fingerprint density at radius 1 is 0.615 bits per heavy atom. The summed E-state index contributed by atoms with van der Waals surface area (Å²) >= 11 is 0. The molecule has 9 heteroatoms. The molecule has 0 radical (unpaired) electrons. The van der Waals surface area contributed by atoms with E-state index < -0.39 is 0 Å². The van der Waals surface area contributed by atoms with Gasteiger partial charge in [-0.3, -0.25) is 0 Å². The minimum absolute atomic E-state index is 0.170. The van der Waals surface area contributed by atoms with Crippen molar-refractivity contribution in [3.63, 3.8) is 0 Å². The van der Waals surface area contributed by atoms with Crippen LogP contribution < -0.4 is 21.4 Å². The number of nitrogens with one attached hydrogen (secondary N) is 4. The van der Waals surface area contributed by atoms with Crippen LogP contribution >= 0.6 is 0 Å². The number of para-hydroxylation sites is 1. The summed E-state index contributed by atoms with van der Waals surface area (Å²) < 4.78 is 13.7. The van der Waals surface area contributed by atoms with Crippen LogP contribution in [0.4, 0.5) is 39.3 Å². The number of hydrazone groups is 1. The van der Waals surface area contributed by atoms with Crippen molar-refractivity contribution in [2.45, 2.75) is 12.5 Å². The molecule has 4 aromatic carbocycles. The minimum Gasteiger partial charge on any atom is -0.324 e. The highest BCUT2D eigenvalue weighted by Crippen LogP contribution is 2.26. The van der Waals surface area contributed by atoms with Gasteiger partial charge < -0.3 is 21.4 Å². The lowest BCUT2D eigenvalue weighted by Gasteiger charge is -2.12. The zero-order valence-corrected chi connectivity index (χ0v) is 20.8. The van der Waals surface area contributed by atoms with E-state index in [9.17, 15) is 4.39 Å². The summed E-state index contributed by atoms with van der Waals surface area (Å²) in [4.78, 5) is 13.5. The Morgan fingerprint density at radius 2 is 1.18 bits per heavy atom. The van der Waals surface area contributed by atoms with Crippen molar-refractivity contribution < 1.29 is 4.39 Å². The molecular weight excluding hydrogens is 491 g/mol. The van der Waals surface area contributed by atoms with Crippen LogP contribution in [-0.2, 0) is 0 Å². The molecule has 0 amide bonds. The Kier molecular flexibility index (Phi) is 6.77. The third-order valence-electron chi connectivity index (χ3n) is 6.18. The summed E-state index contributed by atoms with van der Waals surface area (Å²) in [6, 6.07) is 34.2. The van der Waals surface area contributed by atoms with Crippen LogP contribution in [0.25, 0.3) is 0 Å². The first-order chi connectivity index (χ1) is 19.2. The van der Waals surface area contributed by atoms with Gasteiger partial charge in [0.05, 0.1) is 11.8 Å². The summed E-state index contributed by atoms with van der Waals surface area (Å²) in [6.07, 6.45) is 0.813. The quantitative estimate of drug-likeness (QED) is 0.183. The molecule has 4 N–H and O–H groups in total. The van der Waals surface area contributed by atoms with Crippen molar-refractivity contribution in [3.05, 3.63) is 126 Å². The summed E-state index contributed by atoms with van der Waals surface area (Å²) in [5, 5.41) is 14.1. The largest absolute Gasteiger partial charge is 0.324 e. The predicted octanol–water partition coefficient (Wildman–Crippen LogP) is 6.68. The third-order valence-corrected chi connectivity index (χ3v) is 6.18. The van der Waals surface area contributed by atoms with E-state index in [1.165, 1.54) is 17.7 Å². The molecule has 0 bridgehead atoms. The highest BCUT2D eigenvalue weighted by Gasteiger charge is 2.21. The van der Waals surface area contributed by atoms with E-state index in [0.717, 1.165) is 29.1 Å². The number of rotatable bonds is 8. The van der Waals surface area contributed by atoms with Crippen LogP contribution in [0.2, 0.25) is 0 Å². The molecule has 1 aromatic heterocycles. The topological polar surface area (TPSA) is 99.2 Å². The van der Waals surface area contributed by atoms with Crippen LogP contribution in [0.15, 0.2) is 114 Å².